The van der Waals surface area contributed by atoms with E-state index in [1.807, 2.05) is 25.1 Å². The highest BCUT2D eigenvalue weighted by atomic mass is 16.5. The summed E-state index contributed by atoms with van der Waals surface area (Å²) in [7, 11) is 3.09. The average molecular weight is 435 g/mol. The molecule has 0 radical (unpaired) electrons. The molecule has 166 valence electrons. The van der Waals surface area contributed by atoms with E-state index in [1.54, 1.807) is 37.3 Å². The molecule has 0 aliphatic carbocycles. The van der Waals surface area contributed by atoms with Crippen molar-refractivity contribution in [2.45, 2.75) is 19.9 Å². The Morgan fingerprint density at radius 3 is 2.38 bits per heavy atom. The van der Waals surface area contributed by atoms with Gasteiger partial charge >= 0.3 is 0 Å². The third-order valence-electron chi connectivity index (χ3n) is 5.39. The summed E-state index contributed by atoms with van der Waals surface area (Å²) >= 11 is 0. The van der Waals surface area contributed by atoms with Crippen LogP contribution in [0.25, 0.3) is 5.69 Å². The van der Waals surface area contributed by atoms with Gasteiger partial charge < -0.3 is 19.1 Å². The molecule has 8 heteroatoms. The summed E-state index contributed by atoms with van der Waals surface area (Å²) in [4.78, 5) is 27.8. The van der Waals surface area contributed by atoms with Crippen molar-refractivity contribution in [3.63, 3.8) is 0 Å². The maximum Gasteiger partial charge on any atom is 0.278 e. The lowest BCUT2D eigenvalue weighted by molar-refractivity contribution is 0.0725. The first-order valence-electron chi connectivity index (χ1n) is 10.4. The van der Waals surface area contributed by atoms with Crippen LogP contribution in [0.1, 0.15) is 28.5 Å². The Labute approximate surface area is 186 Å². The van der Waals surface area contributed by atoms with Gasteiger partial charge in [-0.15, -0.1) is 0 Å². The van der Waals surface area contributed by atoms with E-state index in [0.717, 1.165) is 12.0 Å². The largest absolute Gasteiger partial charge is 0.497 e. The summed E-state index contributed by atoms with van der Waals surface area (Å²) in [6.07, 6.45) is 0.736. The first kappa shape index (κ1) is 21.4. The summed E-state index contributed by atoms with van der Waals surface area (Å²) in [6.45, 7) is 3.11. The SMILES string of the molecule is CCOc1cc(=O)c(C(=O)N2CCc3ccccc3C2)nn1-c1cc(OC)cc(OC)c1. The maximum absolute atomic E-state index is 13.3. The second kappa shape index (κ2) is 9.13. The molecule has 8 nitrogen and oxygen atoms in total. The van der Waals surface area contributed by atoms with Gasteiger partial charge in [0.25, 0.3) is 5.91 Å². The second-order valence-electron chi connectivity index (χ2n) is 7.36. The quantitative estimate of drug-likeness (QED) is 0.592. The van der Waals surface area contributed by atoms with Crippen LogP contribution in [0.3, 0.4) is 0 Å². The zero-order valence-electron chi connectivity index (χ0n) is 18.3. The van der Waals surface area contributed by atoms with Crippen LogP contribution in [0, 0.1) is 0 Å². The van der Waals surface area contributed by atoms with E-state index in [9.17, 15) is 9.59 Å². The minimum atomic E-state index is -0.483. The predicted octanol–water partition coefficient (Wildman–Crippen LogP) is 2.85. The molecule has 1 aromatic heterocycles. The van der Waals surface area contributed by atoms with Gasteiger partial charge in [-0.05, 0) is 24.5 Å². The van der Waals surface area contributed by atoms with E-state index < -0.39 is 11.3 Å². The molecule has 2 heterocycles. The van der Waals surface area contributed by atoms with Crippen molar-refractivity contribution >= 4 is 5.91 Å². The Kier molecular flexibility index (Phi) is 6.11. The fraction of sp³-hybridized carbons (Fsp3) is 0.292. The van der Waals surface area contributed by atoms with Gasteiger partial charge in [-0.3, -0.25) is 9.59 Å². The number of amides is 1. The molecule has 1 aliphatic heterocycles. The molecule has 0 saturated carbocycles. The van der Waals surface area contributed by atoms with E-state index >= 15 is 0 Å². The third kappa shape index (κ3) is 4.16. The molecule has 0 N–H and O–H groups in total. The van der Waals surface area contributed by atoms with Crippen LogP contribution in [-0.2, 0) is 13.0 Å². The fourth-order valence-corrected chi connectivity index (χ4v) is 3.76. The van der Waals surface area contributed by atoms with Gasteiger partial charge in [0.05, 0.1) is 32.6 Å². The molecule has 3 aromatic rings. The van der Waals surface area contributed by atoms with Gasteiger partial charge in [0.15, 0.2) is 5.69 Å². The van der Waals surface area contributed by atoms with Crippen molar-refractivity contribution in [2.75, 3.05) is 27.4 Å². The van der Waals surface area contributed by atoms with Gasteiger partial charge in [-0.1, -0.05) is 24.3 Å². The van der Waals surface area contributed by atoms with Gasteiger partial charge in [0.1, 0.15) is 11.5 Å². The number of ether oxygens (including phenoxy) is 3. The molecular formula is C24H25N3O5. The number of benzene rings is 2. The van der Waals surface area contributed by atoms with Gasteiger partial charge in [-0.2, -0.15) is 9.78 Å². The minimum Gasteiger partial charge on any atom is -0.497 e. The smallest absolute Gasteiger partial charge is 0.278 e. The summed E-state index contributed by atoms with van der Waals surface area (Å²) < 4.78 is 17.8. The van der Waals surface area contributed by atoms with Crippen LogP contribution < -0.4 is 19.6 Å². The van der Waals surface area contributed by atoms with Crippen molar-refractivity contribution < 1.29 is 19.0 Å². The molecule has 0 saturated heterocycles. The van der Waals surface area contributed by atoms with Gasteiger partial charge in [0.2, 0.25) is 11.3 Å². The Balaban J connectivity index is 1.76. The van der Waals surface area contributed by atoms with Crippen LogP contribution in [0.5, 0.6) is 17.4 Å². The fourth-order valence-electron chi connectivity index (χ4n) is 3.76. The molecule has 0 fully saturated rings. The minimum absolute atomic E-state index is 0.158. The summed E-state index contributed by atoms with van der Waals surface area (Å²) in [5.74, 6) is 0.912. The van der Waals surface area contributed by atoms with E-state index in [0.29, 0.717) is 36.9 Å². The first-order valence-corrected chi connectivity index (χ1v) is 10.4. The van der Waals surface area contributed by atoms with Crippen molar-refractivity contribution in [2.24, 2.45) is 0 Å². The average Bonchev–Trinajstić information content (AvgIpc) is 2.83. The number of nitrogens with zero attached hydrogens (tertiary/aromatic N) is 3. The number of methoxy groups -OCH3 is 2. The zero-order chi connectivity index (χ0) is 22.7. The molecule has 0 atom stereocenters. The molecule has 2 aromatic carbocycles. The molecule has 0 unspecified atom stereocenters. The summed E-state index contributed by atoms with van der Waals surface area (Å²) in [5.41, 5.74) is 2.20. The zero-order valence-corrected chi connectivity index (χ0v) is 18.3. The number of fused-ring (bicyclic) bond motifs is 1. The van der Waals surface area contributed by atoms with Crippen molar-refractivity contribution in [3.05, 3.63) is 75.6 Å². The molecular weight excluding hydrogens is 410 g/mol. The monoisotopic (exact) mass is 435 g/mol. The highest BCUT2D eigenvalue weighted by Crippen LogP contribution is 2.27. The molecule has 4 rings (SSSR count). The van der Waals surface area contributed by atoms with Crippen LogP contribution in [0.15, 0.2) is 53.3 Å². The van der Waals surface area contributed by atoms with Crippen molar-refractivity contribution in [1.82, 2.24) is 14.7 Å². The lowest BCUT2D eigenvalue weighted by atomic mass is 10.00. The summed E-state index contributed by atoms with van der Waals surface area (Å²) in [6, 6.07) is 14.5. The first-order chi connectivity index (χ1) is 15.5. The predicted molar refractivity (Wildman–Crippen MR) is 119 cm³/mol. The molecule has 1 aliphatic rings. The normalized spacial score (nSPS) is 12.8. The lowest BCUT2D eigenvalue weighted by Crippen LogP contribution is -2.39. The van der Waals surface area contributed by atoms with Crippen LogP contribution in [-0.4, -0.2) is 48.0 Å². The lowest BCUT2D eigenvalue weighted by Gasteiger charge is -2.28. The number of rotatable bonds is 6. The van der Waals surface area contributed by atoms with Crippen LogP contribution in [0.2, 0.25) is 0 Å². The van der Waals surface area contributed by atoms with E-state index in [2.05, 4.69) is 11.2 Å². The molecule has 0 bridgehead atoms. The standard InChI is InChI=1S/C24H25N3O5/c1-4-32-22-14-21(28)23(24(29)26-10-9-16-7-5-6-8-17(16)15-26)25-27(22)18-11-19(30-2)13-20(12-18)31-3/h5-8,11-14H,4,9-10,15H2,1-3H3. The Morgan fingerprint density at radius 2 is 1.72 bits per heavy atom. The number of carbonyl (C=O) groups is 1. The number of hydrogen-bond acceptors (Lipinski definition) is 6. The summed E-state index contributed by atoms with van der Waals surface area (Å²) in [5, 5.41) is 4.42. The van der Waals surface area contributed by atoms with Gasteiger partial charge in [-0.25, -0.2) is 0 Å². The molecule has 32 heavy (non-hydrogen) atoms. The number of hydrogen-bond donors (Lipinski definition) is 0. The van der Waals surface area contributed by atoms with E-state index in [4.69, 9.17) is 14.2 Å². The topological polar surface area (TPSA) is 82.9 Å². The van der Waals surface area contributed by atoms with E-state index in [1.165, 1.54) is 16.3 Å². The van der Waals surface area contributed by atoms with Crippen molar-refractivity contribution in [1.29, 1.82) is 0 Å². The third-order valence-corrected chi connectivity index (χ3v) is 5.39. The highest BCUT2D eigenvalue weighted by molar-refractivity contribution is 5.92. The van der Waals surface area contributed by atoms with E-state index in [-0.39, 0.29) is 11.6 Å². The maximum atomic E-state index is 13.3. The molecule has 1 amide bonds. The Hall–Kier alpha value is -3.81. The Bertz CT molecular complexity index is 1180. The van der Waals surface area contributed by atoms with Crippen LogP contribution in [0.4, 0.5) is 0 Å². The van der Waals surface area contributed by atoms with Crippen LogP contribution >= 0.6 is 0 Å². The Morgan fingerprint density at radius 1 is 1.03 bits per heavy atom. The second-order valence-corrected chi connectivity index (χ2v) is 7.36. The van der Waals surface area contributed by atoms with Crippen molar-refractivity contribution in [3.8, 4) is 23.1 Å². The molecule has 0 spiro atoms. The number of carbonyl (C=O) groups excluding carboxylic acids is 1. The number of aromatic nitrogens is 2. The van der Waals surface area contributed by atoms with Gasteiger partial charge in [0, 0.05) is 31.3 Å². The highest BCUT2D eigenvalue weighted by Gasteiger charge is 2.26.